The number of ether oxygens (including phenoxy) is 1. The van der Waals surface area contributed by atoms with Gasteiger partial charge in [-0.3, -0.25) is 0 Å². The molecule has 0 saturated carbocycles. The van der Waals surface area contributed by atoms with Crippen molar-refractivity contribution >= 4 is 5.97 Å². The lowest BCUT2D eigenvalue weighted by Crippen LogP contribution is -1.99. The minimum Gasteiger partial charge on any atom is -0.465 e. The Morgan fingerprint density at radius 2 is 1.73 bits per heavy atom. The van der Waals surface area contributed by atoms with Crippen LogP contribution in [0, 0.1) is 0 Å². The fraction of sp³-hybridized carbons (Fsp3) is 0.444. The second-order valence-electron chi connectivity index (χ2n) is 2.37. The van der Waals surface area contributed by atoms with E-state index in [0.717, 1.165) is 5.57 Å². The number of allylic oxidation sites excluding steroid dienone is 1. The summed E-state index contributed by atoms with van der Waals surface area (Å²) < 4.78 is 4.46. The van der Waals surface area contributed by atoms with Crippen molar-refractivity contribution in [3.8, 4) is 0 Å². The maximum absolute atomic E-state index is 10.8. The second kappa shape index (κ2) is 4.56. The van der Waals surface area contributed by atoms with Crippen molar-refractivity contribution in [1.82, 2.24) is 0 Å². The molecule has 0 heterocycles. The lowest BCUT2D eigenvalue weighted by molar-refractivity contribution is -0.136. The first-order chi connectivity index (χ1) is 5.07. The van der Waals surface area contributed by atoms with Crippen LogP contribution in [0.3, 0.4) is 0 Å². The SMILES string of the molecule is COC(=O)C(C)=C=C=C(C)C. The van der Waals surface area contributed by atoms with Crippen LogP contribution < -0.4 is 0 Å². The molecule has 0 saturated heterocycles. The van der Waals surface area contributed by atoms with Gasteiger partial charge in [0.05, 0.1) is 12.7 Å². The molecule has 60 valence electrons. The van der Waals surface area contributed by atoms with Gasteiger partial charge in [0.25, 0.3) is 0 Å². The molecule has 11 heavy (non-hydrogen) atoms. The summed E-state index contributed by atoms with van der Waals surface area (Å²) in [5.41, 5.74) is 6.90. The zero-order chi connectivity index (χ0) is 8.85. The Bertz CT molecular complexity index is 245. The fourth-order valence-electron chi connectivity index (χ4n) is 0.423. The summed E-state index contributed by atoms with van der Waals surface area (Å²) in [6.07, 6.45) is 0. The van der Waals surface area contributed by atoms with Crippen LogP contribution in [-0.2, 0) is 9.53 Å². The Labute approximate surface area is 66.9 Å². The third kappa shape index (κ3) is 4.21. The van der Waals surface area contributed by atoms with Gasteiger partial charge in [-0.2, -0.15) is 0 Å². The van der Waals surface area contributed by atoms with Crippen LogP contribution in [0.1, 0.15) is 20.8 Å². The average Bonchev–Trinajstić information content (AvgIpc) is 1.98. The highest BCUT2D eigenvalue weighted by molar-refractivity contribution is 5.87. The van der Waals surface area contributed by atoms with Gasteiger partial charge in [0.15, 0.2) is 0 Å². The first-order valence-electron chi connectivity index (χ1n) is 3.32. The molecule has 0 rings (SSSR count). The summed E-state index contributed by atoms with van der Waals surface area (Å²) >= 11 is 0. The normalized spacial score (nSPS) is 7.64. The van der Waals surface area contributed by atoms with Gasteiger partial charge in [-0.15, -0.1) is 0 Å². The monoisotopic (exact) mass is 152 g/mol. The smallest absolute Gasteiger partial charge is 0.341 e. The van der Waals surface area contributed by atoms with Crippen LogP contribution in [0.25, 0.3) is 0 Å². The quantitative estimate of drug-likeness (QED) is 0.325. The number of carbonyl (C=O) groups excluding carboxylic acids is 1. The highest BCUT2D eigenvalue weighted by Gasteiger charge is 1.99. The van der Waals surface area contributed by atoms with Crippen molar-refractivity contribution in [2.75, 3.05) is 7.11 Å². The highest BCUT2D eigenvalue weighted by Crippen LogP contribution is 1.92. The highest BCUT2D eigenvalue weighted by atomic mass is 16.5. The summed E-state index contributed by atoms with van der Waals surface area (Å²) in [4.78, 5) is 10.8. The zero-order valence-corrected chi connectivity index (χ0v) is 7.32. The van der Waals surface area contributed by atoms with Gasteiger partial charge < -0.3 is 4.74 Å². The molecular weight excluding hydrogens is 140 g/mol. The molecule has 0 aliphatic carbocycles. The van der Waals surface area contributed by atoms with Crippen LogP contribution in [0.4, 0.5) is 0 Å². The standard InChI is InChI=1S/C9H12O2/c1-7(2)5-6-8(3)9(10)11-4/h1-4H3. The molecule has 0 N–H and O–H groups in total. The van der Waals surface area contributed by atoms with Crippen LogP contribution in [0.2, 0.25) is 0 Å². The fourth-order valence-corrected chi connectivity index (χ4v) is 0.423. The molecule has 0 aromatic heterocycles. The molecule has 0 atom stereocenters. The molecule has 0 aromatic carbocycles. The lowest BCUT2D eigenvalue weighted by atomic mass is 10.3. The van der Waals surface area contributed by atoms with Crippen LogP contribution >= 0.6 is 0 Å². The Morgan fingerprint density at radius 1 is 1.18 bits per heavy atom. The minimum atomic E-state index is -0.362. The number of methoxy groups -OCH3 is 1. The maximum Gasteiger partial charge on any atom is 0.341 e. The van der Waals surface area contributed by atoms with E-state index in [1.54, 1.807) is 6.92 Å². The first kappa shape index (κ1) is 9.77. The molecule has 2 nitrogen and oxygen atoms in total. The number of carbonyl (C=O) groups is 1. The Kier molecular flexibility index (Phi) is 4.05. The third-order valence-corrected chi connectivity index (χ3v) is 0.992. The number of hydrogen-bond acceptors (Lipinski definition) is 2. The van der Waals surface area contributed by atoms with E-state index in [1.807, 2.05) is 13.8 Å². The van der Waals surface area contributed by atoms with Crippen LogP contribution in [-0.4, -0.2) is 13.1 Å². The van der Waals surface area contributed by atoms with E-state index in [0.29, 0.717) is 5.57 Å². The van der Waals surface area contributed by atoms with Gasteiger partial charge >= 0.3 is 5.97 Å². The van der Waals surface area contributed by atoms with Crippen molar-refractivity contribution in [2.24, 2.45) is 0 Å². The van der Waals surface area contributed by atoms with E-state index in [-0.39, 0.29) is 5.97 Å². The van der Waals surface area contributed by atoms with Crippen molar-refractivity contribution in [2.45, 2.75) is 20.8 Å². The summed E-state index contributed by atoms with van der Waals surface area (Å²) in [5.74, 6) is -0.362. The Hall–Kier alpha value is -1.23. The topological polar surface area (TPSA) is 26.3 Å². The largest absolute Gasteiger partial charge is 0.465 e. The molecule has 0 aliphatic rings. The van der Waals surface area contributed by atoms with Gasteiger partial charge in [-0.1, -0.05) is 11.5 Å². The molecule has 0 aromatic rings. The summed E-state index contributed by atoms with van der Waals surface area (Å²) in [6, 6.07) is 0. The summed E-state index contributed by atoms with van der Waals surface area (Å²) in [5, 5.41) is 0. The minimum absolute atomic E-state index is 0.362. The first-order valence-corrected chi connectivity index (χ1v) is 3.32. The van der Waals surface area contributed by atoms with Crippen molar-refractivity contribution in [3.05, 3.63) is 22.6 Å². The number of rotatable bonds is 1. The molecule has 2 heteroatoms. The zero-order valence-electron chi connectivity index (χ0n) is 7.32. The predicted octanol–water partition coefficient (Wildman–Crippen LogP) is 1.83. The average molecular weight is 152 g/mol. The van der Waals surface area contributed by atoms with Gasteiger partial charge in [0.1, 0.15) is 0 Å². The molecule has 0 fully saturated rings. The maximum atomic E-state index is 10.8. The van der Waals surface area contributed by atoms with Crippen molar-refractivity contribution in [1.29, 1.82) is 0 Å². The van der Waals surface area contributed by atoms with E-state index in [1.165, 1.54) is 7.11 Å². The van der Waals surface area contributed by atoms with Crippen LogP contribution in [0.15, 0.2) is 22.6 Å². The predicted molar refractivity (Wildman–Crippen MR) is 43.1 cm³/mol. The van der Waals surface area contributed by atoms with Gasteiger partial charge in [0, 0.05) is 0 Å². The molecular formula is C9H12O2. The molecule has 0 aliphatic heterocycles. The molecule has 0 bridgehead atoms. The second-order valence-corrected chi connectivity index (χ2v) is 2.37. The van der Waals surface area contributed by atoms with E-state index in [2.05, 4.69) is 16.2 Å². The van der Waals surface area contributed by atoms with Crippen LogP contribution in [0.5, 0.6) is 0 Å². The number of esters is 1. The molecule has 0 radical (unpaired) electrons. The van der Waals surface area contributed by atoms with E-state index in [4.69, 9.17) is 0 Å². The Morgan fingerprint density at radius 3 is 2.09 bits per heavy atom. The third-order valence-electron chi connectivity index (χ3n) is 0.992. The van der Waals surface area contributed by atoms with E-state index >= 15 is 0 Å². The van der Waals surface area contributed by atoms with Gasteiger partial charge in [0.2, 0.25) is 0 Å². The van der Waals surface area contributed by atoms with Crippen molar-refractivity contribution < 1.29 is 9.53 Å². The summed E-state index contributed by atoms with van der Waals surface area (Å²) in [7, 11) is 1.34. The Balaban J connectivity index is 4.74. The molecule has 0 amide bonds. The van der Waals surface area contributed by atoms with E-state index in [9.17, 15) is 4.79 Å². The molecule has 0 spiro atoms. The van der Waals surface area contributed by atoms with E-state index < -0.39 is 0 Å². The van der Waals surface area contributed by atoms with Gasteiger partial charge in [-0.05, 0) is 26.3 Å². The van der Waals surface area contributed by atoms with Crippen molar-refractivity contribution in [3.63, 3.8) is 0 Å². The lowest BCUT2D eigenvalue weighted by Gasteiger charge is -1.91. The number of hydrogen-bond donors (Lipinski definition) is 0. The van der Waals surface area contributed by atoms with Gasteiger partial charge in [-0.25, -0.2) is 4.79 Å². The molecule has 0 unspecified atom stereocenters. The summed E-state index contributed by atoms with van der Waals surface area (Å²) in [6.45, 7) is 5.41.